The Bertz CT molecular complexity index is 489. The van der Waals surface area contributed by atoms with Gasteiger partial charge in [0.15, 0.2) is 5.58 Å². The Balaban J connectivity index is 2.55. The van der Waals surface area contributed by atoms with Crippen LogP contribution in [0, 0.1) is 0 Å². The van der Waals surface area contributed by atoms with Crippen molar-refractivity contribution in [1.82, 2.24) is 5.16 Å². The van der Waals surface area contributed by atoms with Gasteiger partial charge in [-0.15, -0.1) is 0 Å². The monoisotopic (exact) mass is 193 g/mol. The smallest absolute Gasteiger partial charge is 0.309 e. The minimum atomic E-state index is -0.483. The fourth-order valence-electron chi connectivity index (χ4n) is 1.11. The van der Waals surface area contributed by atoms with Crippen molar-refractivity contribution < 1.29 is 19.2 Å². The Labute approximate surface area is 78.9 Å². The maximum absolute atomic E-state index is 10.7. The molecule has 0 fully saturated rings. The quantitative estimate of drug-likeness (QED) is 0.694. The van der Waals surface area contributed by atoms with Gasteiger partial charge in [0.2, 0.25) is 0 Å². The molecule has 5 heteroatoms. The molecule has 72 valence electrons. The van der Waals surface area contributed by atoms with E-state index in [9.17, 15) is 9.90 Å². The molecule has 0 saturated carbocycles. The number of fused-ring (bicyclic) bond motifs is 1. The zero-order chi connectivity index (χ0) is 10.1. The lowest BCUT2D eigenvalue weighted by Crippen LogP contribution is -2.01. The second-order valence-corrected chi connectivity index (χ2v) is 2.76. The van der Waals surface area contributed by atoms with E-state index in [2.05, 4.69) is 5.16 Å². The zero-order valence-electron chi connectivity index (χ0n) is 7.35. The first-order chi connectivity index (χ1) is 6.66. The first kappa shape index (κ1) is 8.55. The molecule has 0 spiro atoms. The van der Waals surface area contributed by atoms with Crippen LogP contribution >= 0.6 is 0 Å². The van der Waals surface area contributed by atoms with Gasteiger partial charge in [0, 0.05) is 6.92 Å². The molecule has 0 atom stereocenters. The van der Waals surface area contributed by atoms with Gasteiger partial charge < -0.3 is 14.4 Å². The van der Waals surface area contributed by atoms with Crippen molar-refractivity contribution in [2.24, 2.45) is 0 Å². The third-order valence-electron chi connectivity index (χ3n) is 1.66. The second-order valence-electron chi connectivity index (χ2n) is 2.76. The lowest BCUT2D eigenvalue weighted by atomic mass is 10.2. The molecule has 0 aliphatic rings. The molecule has 0 unspecified atom stereocenters. The van der Waals surface area contributed by atoms with Crippen molar-refractivity contribution in [2.45, 2.75) is 6.92 Å². The number of aromatic nitrogens is 1. The van der Waals surface area contributed by atoms with E-state index in [1.54, 1.807) is 6.07 Å². The van der Waals surface area contributed by atoms with Crippen LogP contribution in [0.25, 0.3) is 11.0 Å². The number of ether oxygens (including phenoxy) is 1. The molecule has 0 aliphatic carbocycles. The summed E-state index contributed by atoms with van der Waals surface area (Å²) in [6.07, 6.45) is 0. The largest absolute Gasteiger partial charge is 0.508 e. The van der Waals surface area contributed by atoms with E-state index in [0.717, 1.165) is 0 Å². The lowest BCUT2D eigenvalue weighted by Gasteiger charge is -1.94. The molecule has 0 bridgehead atoms. The average molecular weight is 193 g/mol. The molecule has 1 aromatic carbocycles. The SMILES string of the molecule is CC(=O)Oc1noc2ccc(O)cc12. The predicted molar refractivity (Wildman–Crippen MR) is 47.0 cm³/mol. The molecule has 0 amide bonds. The van der Waals surface area contributed by atoms with E-state index in [4.69, 9.17) is 9.26 Å². The summed E-state index contributed by atoms with van der Waals surface area (Å²) in [5.41, 5.74) is 0.457. The highest BCUT2D eigenvalue weighted by Crippen LogP contribution is 2.27. The fraction of sp³-hybridized carbons (Fsp3) is 0.111. The molecule has 2 aromatic rings. The summed E-state index contributed by atoms with van der Waals surface area (Å²) in [4.78, 5) is 10.7. The summed E-state index contributed by atoms with van der Waals surface area (Å²) < 4.78 is 9.63. The number of carbonyl (C=O) groups excluding carboxylic acids is 1. The van der Waals surface area contributed by atoms with Crippen LogP contribution in [0.15, 0.2) is 22.7 Å². The van der Waals surface area contributed by atoms with E-state index >= 15 is 0 Å². The first-order valence-corrected chi connectivity index (χ1v) is 3.93. The van der Waals surface area contributed by atoms with Crippen LogP contribution in [0.1, 0.15) is 6.92 Å². The van der Waals surface area contributed by atoms with Crippen LogP contribution < -0.4 is 4.74 Å². The van der Waals surface area contributed by atoms with Crippen LogP contribution in [0.3, 0.4) is 0 Å². The molecule has 0 radical (unpaired) electrons. The molecule has 14 heavy (non-hydrogen) atoms. The number of esters is 1. The van der Waals surface area contributed by atoms with E-state index in [1.165, 1.54) is 19.1 Å². The molecule has 0 saturated heterocycles. The number of hydrogen-bond acceptors (Lipinski definition) is 5. The standard InChI is InChI=1S/C9H7NO4/c1-5(11)13-9-7-4-6(12)2-3-8(7)14-10-9/h2-4,12H,1H3. The third-order valence-corrected chi connectivity index (χ3v) is 1.66. The van der Waals surface area contributed by atoms with Gasteiger partial charge in [-0.1, -0.05) is 0 Å². The van der Waals surface area contributed by atoms with Gasteiger partial charge in [-0.05, 0) is 23.4 Å². The number of phenols is 1. The highest BCUT2D eigenvalue weighted by molar-refractivity contribution is 5.85. The van der Waals surface area contributed by atoms with E-state index < -0.39 is 5.97 Å². The van der Waals surface area contributed by atoms with Crippen LogP contribution in [-0.4, -0.2) is 16.2 Å². The molecule has 1 aromatic heterocycles. The first-order valence-electron chi connectivity index (χ1n) is 3.93. The van der Waals surface area contributed by atoms with Crippen molar-refractivity contribution in [1.29, 1.82) is 0 Å². The second kappa shape index (κ2) is 3.02. The highest BCUT2D eigenvalue weighted by Gasteiger charge is 2.11. The number of aromatic hydroxyl groups is 1. The van der Waals surface area contributed by atoms with Crippen molar-refractivity contribution in [3.05, 3.63) is 18.2 Å². The average Bonchev–Trinajstić information content (AvgIpc) is 2.47. The number of carbonyl (C=O) groups is 1. The Morgan fingerprint density at radius 3 is 3.07 bits per heavy atom. The summed E-state index contributed by atoms with van der Waals surface area (Å²) in [5, 5.41) is 13.2. The molecule has 2 rings (SSSR count). The number of hydrogen-bond donors (Lipinski definition) is 1. The van der Waals surface area contributed by atoms with E-state index in [0.29, 0.717) is 11.0 Å². The highest BCUT2D eigenvalue weighted by atomic mass is 16.6. The summed E-state index contributed by atoms with van der Waals surface area (Å²) in [5.74, 6) is -0.346. The fourth-order valence-corrected chi connectivity index (χ4v) is 1.11. The van der Waals surface area contributed by atoms with Crippen molar-refractivity contribution in [3.63, 3.8) is 0 Å². The Kier molecular flexibility index (Phi) is 1.85. The minimum absolute atomic E-state index is 0.0640. The topological polar surface area (TPSA) is 72.6 Å². The Hall–Kier alpha value is -2.04. The van der Waals surface area contributed by atoms with E-state index in [-0.39, 0.29) is 11.6 Å². The molecule has 0 aliphatic heterocycles. The number of benzene rings is 1. The molecular formula is C9H7NO4. The molecular weight excluding hydrogens is 186 g/mol. The molecule has 5 nitrogen and oxygen atoms in total. The van der Waals surface area contributed by atoms with Crippen LogP contribution in [0.5, 0.6) is 11.6 Å². The van der Waals surface area contributed by atoms with Crippen LogP contribution in [0.4, 0.5) is 0 Å². The zero-order valence-corrected chi connectivity index (χ0v) is 7.35. The van der Waals surface area contributed by atoms with Crippen LogP contribution in [-0.2, 0) is 4.79 Å². The van der Waals surface area contributed by atoms with Gasteiger partial charge in [0.25, 0.3) is 5.88 Å². The van der Waals surface area contributed by atoms with Gasteiger partial charge in [0.05, 0.1) is 5.39 Å². The van der Waals surface area contributed by atoms with Gasteiger partial charge in [-0.3, -0.25) is 4.79 Å². The number of nitrogens with zero attached hydrogens (tertiary/aromatic N) is 1. The van der Waals surface area contributed by atoms with Crippen molar-refractivity contribution in [3.8, 4) is 11.6 Å². The Morgan fingerprint density at radius 2 is 2.36 bits per heavy atom. The minimum Gasteiger partial charge on any atom is -0.508 e. The summed E-state index contributed by atoms with van der Waals surface area (Å²) >= 11 is 0. The lowest BCUT2D eigenvalue weighted by molar-refractivity contribution is -0.132. The maximum Gasteiger partial charge on any atom is 0.309 e. The van der Waals surface area contributed by atoms with Crippen molar-refractivity contribution in [2.75, 3.05) is 0 Å². The van der Waals surface area contributed by atoms with Gasteiger partial charge in [-0.2, -0.15) is 0 Å². The Morgan fingerprint density at radius 1 is 1.57 bits per heavy atom. The third kappa shape index (κ3) is 1.39. The number of rotatable bonds is 1. The number of phenolic OH excluding ortho intramolecular Hbond substituents is 1. The van der Waals surface area contributed by atoms with Crippen molar-refractivity contribution >= 4 is 16.9 Å². The normalized spacial score (nSPS) is 10.4. The maximum atomic E-state index is 10.7. The summed E-state index contributed by atoms with van der Waals surface area (Å²) in [7, 11) is 0. The van der Waals surface area contributed by atoms with Gasteiger partial charge in [0.1, 0.15) is 5.75 Å². The molecule has 1 N–H and O–H groups in total. The van der Waals surface area contributed by atoms with Gasteiger partial charge >= 0.3 is 5.97 Å². The molecule has 1 heterocycles. The predicted octanol–water partition coefficient (Wildman–Crippen LogP) is 1.46. The van der Waals surface area contributed by atoms with Crippen LogP contribution in [0.2, 0.25) is 0 Å². The summed E-state index contributed by atoms with van der Waals surface area (Å²) in [6, 6.07) is 4.43. The summed E-state index contributed by atoms with van der Waals surface area (Å²) in [6.45, 7) is 1.27. The van der Waals surface area contributed by atoms with E-state index in [1.807, 2.05) is 0 Å². The van der Waals surface area contributed by atoms with Gasteiger partial charge in [-0.25, -0.2) is 0 Å².